The highest BCUT2D eigenvalue weighted by atomic mass is 28.3. The van der Waals surface area contributed by atoms with Gasteiger partial charge in [-0.3, -0.25) is 14.9 Å². The lowest BCUT2D eigenvalue weighted by Crippen LogP contribution is -2.43. The van der Waals surface area contributed by atoms with Gasteiger partial charge in [0.15, 0.2) is 0 Å². The maximum Gasteiger partial charge on any atom is 0.271 e. The van der Waals surface area contributed by atoms with Crippen molar-refractivity contribution >= 4 is 25.4 Å². The number of carbonyl (C=O) groups excluding carboxylic acids is 1. The zero-order valence-electron chi connectivity index (χ0n) is 11.8. The molecule has 0 unspecified atom stereocenters. The Balaban J connectivity index is 2.36. The van der Waals surface area contributed by atoms with E-state index in [-0.39, 0.29) is 5.69 Å². The van der Waals surface area contributed by atoms with Gasteiger partial charge in [-0.2, -0.15) is 0 Å². The molecular formula is C13H19N3O3Si. The Morgan fingerprint density at radius 1 is 1.35 bits per heavy atom. The van der Waals surface area contributed by atoms with Gasteiger partial charge in [-0.15, -0.1) is 0 Å². The van der Waals surface area contributed by atoms with Gasteiger partial charge in [-0.25, -0.2) is 0 Å². The number of non-ortho nitro benzene ring substituents is 1. The SMILES string of the molecule is C[Si]1(C)CCN(c2cc([N+](=O)[O-])ccc2C(N)=O)CC1. The van der Waals surface area contributed by atoms with Crippen molar-refractivity contribution in [3.63, 3.8) is 0 Å². The Hall–Kier alpha value is -1.89. The molecule has 2 rings (SSSR count). The number of hydrogen-bond donors (Lipinski definition) is 1. The van der Waals surface area contributed by atoms with Gasteiger partial charge in [0.2, 0.25) is 0 Å². The summed E-state index contributed by atoms with van der Waals surface area (Å²) in [4.78, 5) is 24.0. The molecule has 1 heterocycles. The molecule has 1 saturated heterocycles. The smallest absolute Gasteiger partial charge is 0.271 e. The fraction of sp³-hybridized carbons (Fsp3) is 0.462. The number of rotatable bonds is 3. The van der Waals surface area contributed by atoms with Gasteiger partial charge in [-0.1, -0.05) is 13.1 Å². The molecule has 0 aromatic heterocycles. The number of nitrogens with two attached hydrogens (primary N) is 1. The lowest BCUT2D eigenvalue weighted by Gasteiger charge is -2.37. The summed E-state index contributed by atoms with van der Waals surface area (Å²) in [5.41, 5.74) is 6.32. The molecule has 0 bridgehead atoms. The molecule has 1 aromatic carbocycles. The third-order valence-electron chi connectivity index (χ3n) is 3.92. The molecular weight excluding hydrogens is 274 g/mol. The van der Waals surface area contributed by atoms with E-state index in [1.165, 1.54) is 18.2 Å². The normalized spacial score (nSPS) is 17.8. The van der Waals surface area contributed by atoms with Crippen molar-refractivity contribution in [1.82, 2.24) is 0 Å². The Morgan fingerprint density at radius 2 is 1.95 bits per heavy atom. The van der Waals surface area contributed by atoms with Gasteiger partial charge in [-0.05, 0) is 18.2 Å². The van der Waals surface area contributed by atoms with Gasteiger partial charge in [0, 0.05) is 25.2 Å². The third-order valence-corrected chi connectivity index (χ3v) is 7.07. The number of nitro benzene ring substituents is 1. The molecule has 0 radical (unpaired) electrons. The summed E-state index contributed by atoms with van der Waals surface area (Å²) < 4.78 is 0. The van der Waals surface area contributed by atoms with E-state index in [4.69, 9.17) is 5.73 Å². The second kappa shape index (κ2) is 5.24. The zero-order chi connectivity index (χ0) is 14.9. The Bertz CT molecular complexity index is 550. The topological polar surface area (TPSA) is 89.5 Å². The molecule has 1 aliphatic rings. The number of anilines is 1. The lowest BCUT2D eigenvalue weighted by atomic mass is 10.1. The largest absolute Gasteiger partial charge is 0.371 e. The standard InChI is InChI=1S/C13H19N3O3Si/c1-20(2)7-5-15(6-8-20)12-9-10(16(18)19)3-4-11(12)13(14)17/h3-4,9H,5-8H2,1-2H3,(H2,14,17). The number of hydrogen-bond acceptors (Lipinski definition) is 4. The summed E-state index contributed by atoms with van der Waals surface area (Å²) >= 11 is 0. The minimum Gasteiger partial charge on any atom is -0.371 e. The zero-order valence-corrected chi connectivity index (χ0v) is 12.8. The molecule has 1 aliphatic heterocycles. The molecule has 1 amide bonds. The van der Waals surface area contributed by atoms with Crippen LogP contribution in [0, 0.1) is 10.1 Å². The first kappa shape index (κ1) is 14.5. The predicted molar refractivity (Wildman–Crippen MR) is 80.9 cm³/mol. The molecule has 2 N–H and O–H groups in total. The van der Waals surface area contributed by atoms with Crippen LogP contribution in [-0.4, -0.2) is 32.0 Å². The molecule has 108 valence electrons. The second-order valence-electron chi connectivity index (χ2n) is 5.97. The summed E-state index contributed by atoms with van der Waals surface area (Å²) in [5, 5.41) is 10.9. The maximum atomic E-state index is 11.5. The van der Waals surface area contributed by atoms with Gasteiger partial charge in [0.1, 0.15) is 0 Å². The van der Waals surface area contributed by atoms with E-state index in [0.29, 0.717) is 11.3 Å². The average molecular weight is 293 g/mol. The molecule has 0 atom stereocenters. The summed E-state index contributed by atoms with van der Waals surface area (Å²) in [5.74, 6) is -0.544. The monoisotopic (exact) mass is 293 g/mol. The highest BCUT2D eigenvalue weighted by Gasteiger charge is 2.29. The van der Waals surface area contributed by atoms with Gasteiger partial charge in [0.25, 0.3) is 11.6 Å². The van der Waals surface area contributed by atoms with E-state index in [1.54, 1.807) is 0 Å². The van der Waals surface area contributed by atoms with Gasteiger partial charge in [0.05, 0.1) is 24.2 Å². The van der Waals surface area contributed by atoms with Crippen molar-refractivity contribution in [1.29, 1.82) is 0 Å². The van der Waals surface area contributed by atoms with Crippen LogP contribution < -0.4 is 10.6 Å². The van der Waals surface area contributed by atoms with Crippen molar-refractivity contribution in [2.45, 2.75) is 25.2 Å². The van der Waals surface area contributed by atoms with E-state index in [1.807, 2.05) is 4.90 Å². The van der Waals surface area contributed by atoms with Crippen LogP contribution in [0.2, 0.25) is 25.2 Å². The Kier molecular flexibility index (Phi) is 3.80. The maximum absolute atomic E-state index is 11.5. The minimum atomic E-state index is -1.14. The number of nitrogens with zero attached hydrogens (tertiary/aromatic N) is 2. The van der Waals surface area contributed by atoms with Crippen LogP contribution >= 0.6 is 0 Å². The number of primary amides is 1. The van der Waals surface area contributed by atoms with Crippen LogP contribution in [0.5, 0.6) is 0 Å². The van der Waals surface area contributed by atoms with Crippen LogP contribution in [0.4, 0.5) is 11.4 Å². The molecule has 0 spiro atoms. The number of carbonyl (C=O) groups is 1. The average Bonchev–Trinajstić information content (AvgIpc) is 2.37. The number of amides is 1. The Morgan fingerprint density at radius 3 is 2.45 bits per heavy atom. The van der Waals surface area contributed by atoms with Gasteiger partial charge < -0.3 is 10.6 Å². The lowest BCUT2D eigenvalue weighted by molar-refractivity contribution is -0.384. The summed E-state index contributed by atoms with van der Waals surface area (Å²) in [7, 11) is -1.14. The minimum absolute atomic E-state index is 0.00733. The first-order chi connectivity index (χ1) is 9.30. The van der Waals surface area contributed by atoms with Crippen molar-refractivity contribution in [2.24, 2.45) is 5.73 Å². The van der Waals surface area contributed by atoms with Crippen molar-refractivity contribution in [3.8, 4) is 0 Å². The first-order valence-corrected chi connectivity index (χ1v) is 10.0. The molecule has 0 saturated carbocycles. The summed E-state index contributed by atoms with van der Waals surface area (Å²) in [6.45, 7) is 6.35. The third kappa shape index (κ3) is 2.98. The fourth-order valence-electron chi connectivity index (χ4n) is 2.46. The van der Waals surface area contributed by atoms with Crippen molar-refractivity contribution < 1.29 is 9.72 Å². The predicted octanol–water partition coefficient (Wildman–Crippen LogP) is 2.22. The van der Waals surface area contributed by atoms with E-state index in [0.717, 1.165) is 25.2 Å². The fourth-order valence-corrected chi connectivity index (χ4v) is 4.46. The number of nitro groups is 1. The van der Waals surface area contributed by atoms with E-state index < -0.39 is 18.9 Å². The highest BCUT2D eigenvalue weighted by molar-refractivity contribution is 6.77. The van der Waals surface area contributed by atoms with Crippen molar-refractivity contribution in [2.75, 3.05) is 18.0 Å². The first-order valence-electron chi connectivity index (χ1n) is 6.63. The van der Waals surface area contributed by atoms with Gasteiger partial charge >= 0.3 is 0 Å². The van der Waals surface area contributed by atoms with E-state index in [2.05, 4.69) is 13.1 Å². The highest BCUT2D eigenvalue weighted by Crippen LogP contribution is 2.31. The second-order valence-corrected chi connectivity index (χ2v) is 11.3. The molecule has 6 nitrogen and oxygen atoms in total. The molecule has 1 aromatic rings. The quantitative estimate of drug-likeness (QED) is 0.525. The summed E-state index contributed by atoms with van der Waals surface area (Å²) in [6.07, 6.45) is 0. The molecule has 0 aliphatic carbocycles. The van der Waals surface area contributed by atoms with Crippen molar-refractivity contribution in [3.05, 3.63) is 33.9 Å². The molecule has 1 fully saturated rings. The van der Waals surface area contributed by atoms with Crippen LogP contribution in [0.15, 0.2) is 18.2 Å². The van der Waals surface area contributed by atoms with Crippen LogP contribution in [0.3, 0.4) is 0 Å². The molecule has 7 heteroatoms. The van der Waals surface area contributed by atoms with Crippen LogP contribution in [0.25, 0.3) is 0 Å². The number of benzene rings is 1. The van der Waals surface area contributed by atoms with E-state index >= 15 is 0 Å². The Labute approximate surface area is 118 Å². The van der Waals surface area contributed by atoms with Crippen LogP contribution in [0.1, 0.15) is 10.4 Å². The summed E-state index contributed by atoms with van der Waals surface area (Å²) in [6, 6.07) is 6.47. The van der Waals surface area contributed by atoms with E-state index in [9.17, 15) is 14.9 Å². The molecule has 20 heavy (non-hydrogen) atoms. The van der Waals surface area contributed by atoms with Crippen LogP contribution in [-0.2, 0) is 0 Å².